The molecule has 6 heteroatoms. The zero-order valence-electron chi connectivity index (χ0n) is 15.0. The standard InChI is InChI=1S/C21H21FN4S/c22-16-3-1-8-24-20(16)21(6-2-7-21)13-26-15-4-5-17(25-11-15)18-9-14-10-23-12-19(14)27-18/h1,3-5,8-9,11,23,26H,2,6-7,10,12-13H2. The lowest BCUT2D eigenvalue weighted by Crippen LogP contribution is -2.42. The van der Waals surface area contributed by atoms with Crippen molar-refractivity contribution in [2.24, 2.45) is 0 Å². The van der Waals surface area contributed by atoms with Crippen LogP contribution < -0.4 is 10.6 Å². The molecule has 1 fully saturated rings. The van der Waals surface area contributed by atoms with Crippen LogP contribution in [0.2, 0.25) is 0 Å². The van der Waals surface area contributed by atoms with Crippen molar-refractivity contribution < 1.29 is 4.39 Å². The van der Waals surface area contributed by atoms with Gasteiger partial charge in [-0.2, -0.15) is 0 Å². The van der Waals surface area contributed by atoms with Crippen LogP contribution in [0.25, 0.3) is 10.6 Å². The molecule has 2 N–H and O–H groups in total. The van der Waals surface area contributed by atoms with Crippen LogP contribution in [0.5, 0.6) is 0 Å². The van der Waals surface area contributed by atoms with Crippen LogP contribution in [0, 0.1) is 5.82 Å². The summed E-state index contributed by atoms with van der Waals surface area (Å²) in [6, 6.07) is 9.52. The van der Waals surface area contributed by atoms with Crippen LogP contribution in [0.1, 0.15) is 35.4 Å². The average molecular weight is 380 g/mol. The van der Waals surface area contributed by atoms with Gasteiger partial charge >= 0.3 is 0 Å². The molecule has 0 radical (unpaired) electrons. The quantitative estimate of drug-likeness (QED) is 0.685. The highest BCUT2D eigenvalue weighted by Crippen LogP contribution is 2.43. The number of anilines is 1. The molecule has 0 unspecified atom stereocenters. The smallest absolute Gasteiger partial charge is 0.145 e. The first-order valence-electron chi connectivity index (χ1n) is 9.37. The Morgan fingerprint density at radius 3 is 2.81 bits per heavy atom. The Morgan fingerprint density at radius 1 is 1.19 bits per heavy atom. The van der Waals surface area contributed by atoms with Crippen LogP contribution in [-0.2, 0) is 18.5 Å². The minimum absolute atomic E-state index is 0.201. The van der Waals surface area contributed by atoms with Crippen LogP contribution in [0.4, 0.5) is 10.1 Å². The fourth-order valence-corrected chi connectivity index (χ4v) is 5.12. The molecule has 1 aliphatic carbocycles. The Kier molecular flexibility index (Phi) is 4.17. The third-order valence-electron chi connectivity index (χ3n) is 5.72. The molecule has 0 bridgehead atoms. The Balaban J connectivity index is 1.30. The maximum absolute atomic E-state index is 14.2. The van der Waals surface area contributed by atoms with E-state index in [2.05, 4.69) is 38.8 Å². The van der Waals surface area contributed by atoms with Crippen molar-refractivity contribution in [2.45, 2.75) is 37.8 Å². The van der Waals surface area contributed by atoms with E-state index >= 15 is 0 Å². The van der Waals surface area contributed by atoms with Crippen molar-refractivity contribution in [3.63, 3.8) is 0 Å². The zero-order valence-corrected chi connectivity index (χ0v) is 15.8. The lowest BCUT2D eigenvalue weighted by Gasteiger charge is -2.41. The largest absolute Gasteiger partial charge is 0.383 e. The van der Waals surface area contributed by atoms with Gasteiger partial charge in [-0.05, 0) is 48.7 Å². The summed E-state index contributed by atoms with van der Waals surface area (Å²) in [5.41, 5.74) is 3.76. The van der Waals surface area contributed by atoms with Crippen LogP contribution in [-0.4, -0.2) is 16.5 Å². The Labute approximate surface area is 161 Å². The number of hydrogen-bond acceptors (Lipinski definition) is 5. The van der Waals surface area contributed by atoms with E-state index in [-0.39, 0.29) is 11.2 Å². The molecule has 0 saturated heterocycles. The van der Waals surface area contributed by atoms with E-state index in [1.807, 2.05) is 17.5 Å². The summed E-state index contributed by atoms with van der Waals surface area (Å²) in [4.78, 5) is 11.6. The highest BCUT2D eigenvalue weighted by atomic mass is 32.1. The second-order valence-corrected chi connectivity index (χ2v) is 8.55. The third-order valence-corrected chi connectivity index (χ3v) is 6.92. The monoisotopic (exact) mass is 380 g/mol. The normalized spacial score (nSPS) is 17.4. The van der Waals surface area contributed by atoms with Crippen molar-refractivity contribution in [3.8, 4) is 10.6 Å². The molecule has 1 aliphatic heterocycles. The van der Waals surface area contributed by atoms with Gasteiger partial charge in [0.15, 0.2) is 0 Å². The summed E-state index contributed by atoms with van der Waals surface area (Å²) in [5, 5.41) is 6.82. The van der Waals surface area contributed by atoms with Gasteiger partial charge in [-0.25, -0.2) is 4.39 Å². The number of thiophene rings is 1. The fourth-order valence-electron chi connectivity index (χ4n) is 3.99. The SMILES string of the molecule is Fc1cccnc1C1(CNc2ccc(-c3cc4c(s3)CNC4)nc2)CCC1. The van der Waals surface area contributed by atoms with Gasteiger partial charge in [0.2, 0.25) is 0 Å². The van der Waals surface area contributed by atoms with Gasteiger partial charge in [-0.3, -0.25) is 9.97 Å². The molecule has 138 valence electrons. The second-order valence-electron chi connectivity index (χ2n) is 7.42. The molecular formula is C21H21FN4S. The predicted molar refractivity (Wildman–Crippen MR) is 106 cm³/mol. The maximum atomic E-state index is 14.2. The maximum Gasteiger partial charge on any atom is 0.145 e. The molecule has 0 aromatic carbocycles. The van der Waals surface area contributed by atoms with E-state index in [9.17, 15) is 4.39 Å². The molecule has 1 saturated carbocycles. The summed E-state index contributed by atoms with van der Waals surface area (Å²) >= 11 is 1.81. The number of aromatic nitrogens is 2. The van der Waals surface area contributed by atoms with Crippen LogP contribution in [0.15, 0.2) is 42.7 Å². The molecule has 0 atom stereocenters. The van der Waals surface area contributed by atoms with Crippen molar-refractivity contribution in [1.82, 2.24) is 15.3 Å². The molecule has 0 amide bonds. The first-order valence-corrected chi connectivity index (χ1v) is 10.2. The Morgan fingerprint density at radius 2 is 2.11 bits per heavy atom. The number of fused-ring (bicyclic) bond motifs is 1. The van der Waals surface area contributed by atoms with Gasteiger partial charge in [-0.1, -0.05) is 6.42 Å². The predicted octanol–water partition coefficient (Wildman–Crippen LogP) is 4.48. The summed E-state index contributed by atoms with van der Waals surface area (Å²) in [7, 11) is 0. The first kappa shape index (κ1) is 16.8. The van der Waals surface area contributed by atoms with E-state index in [4.69, 9.17) is 0 Å². The number of pyridine rings is 2. The molecule has 3 aromatic heterocycles. The Hall–Kier alpha value is -2.31. The molecular weight excluding hydrogens is 359 g/mol. The lowest BCUT2D eigenvalue weighted by molar-refractivity contribution is 0.243. The van der Waals surface area contributed by atoms with E-state index < -0.39 is 0 Å². The molecule has 0 spiro atoms. The number of rotatable bonds is 5. The first-order chi connectivity index (χ1) is 13.2. The van der Waals surface area contributed by atoms with E-state index in [1.165, 1.54) is 21.4 Å². The van der Waals surface area contributed by atoms with Crippen molar-refractivity contribution in [3.05, 3.63) is 64.7 Å². The molecule has 27 heavy (non-hydrogen) atoms. The minimum atomic E-state index is -0.203. The van der Waals surface area contributed by atoms with Crippen molar-refractivity contribution in [1.29, 1.82) is 0 Å². The lowest BCUT2D eigenvalue weighted by atomic mass is 9.66. The van der Waals surface area contributed by atoms with E-state index in [0.717, 1.165) is 43.7 Å². The van der Waals surface area contributed by atoms with E-state index in [1.54, 1.807) is 12.3 Å². The van der Waals surface area contributed by atoms with Crippen molar-refractivity contribution >= 4 is 17.0 Å². The summed E-state index contributed by atoms with van der Waals surface area (Å²) in [6.45, 7) is 2.60. The summed E-state index contributed by atoms with van der Waals surface area (Å²) in [6.07, 6.45) is 6.61. The Bertz CT molecular complexity index is 941. The molecule has 5 rings (SSSR count). The highest BCUT2D eigenvalue weighted by Gasteiger charge is 2.41. The van der Waals surface area contributed by atoms with Gasteiger partial charge in [0, 0.05) is 36.1 Å². The zero-order chi connectivity index (χ0) is 18.3. The van der Waals surface area contributed by atoms with Gasteiger partial charge in [-0.15, -0.1) is 11.3 Å². The molecule has 4 nitrogen and oxygen atoms in total. The van der Waals surface area contributed by atoms with E-state index in [0.29, 0.717) is 12.2 Å². The summed E-state index contributed by atoms with van der Waals surface area (Å²) in [5.74, 6) is -0.201. The van der Waals surface area contributed by atoms with Gasteiger partial charge < -0.3 is 10.6 Å². The number of halogens is 1. The van der Waals surface area contributed by atoms with Gasteiger partial charge in [0.05, 0.1) is 28.1 Å². The minimum Gasteiger partial charge on any atom is -0.383 e. The van der Waals surface area contributed by atoms with Crippen LogP contribution in [0.3, 0.4) is 0 Å². The molecule has 4 heterocycles. The second kappa shape index (κ2) is 6.69. The number of hydrogen-bond donors (Lipinski definition) is 2. The molecule has 2 aliphatic rings. The average Bonchev–Trinajstić information content (AvgIpc) is 3.25. The number of nitrogens with one attached hydrogen (secondary N) is 2. The number of nitrogens with zero attached hydrogens (tertiary/aromatic N) is 2. The van der Waals surface area contributed by atoms with Gasteiger partial charge in [0.1, 0.15) is 5.82 Å². The topological polar surface area (TPSA) is 49.8 Å². The highest BCUT2D eigenvalue weighted by molar-refractivity contribution is 7.15. The third kappa shape index (κ3) is 3.03. The van der Waals surface area contributed by atoms with Gasteiger partial charge in [0.25, 0.3) is 0 Å². The molecule has 3 aromatic rings. The van der Waals surface area contributed by atoms with Crippen LogP contribution >= 0.6 is 11.3 Å². The fraction of sp³-hybridized carbons (Fsp3) is 0.333. The summed E-state index contributed by atoms with van der Waals surface area (Å²) < 4.78 is 14.2. The van der Waals surface area contributed by atoms with Crippen molar-refractivity contribution in [2.75, 3.05) is 11.9 Å².